The van der Waals surface area contributed by atoms with Gasteiger partial charge in [-0.2, -0.15) is 0 Å². The molecule has 1 fully saturated rings. The molecule has 0 saturated carbocycles. The fourth-order valence-corrected chi connectivity index (χ4v) is 3.28. The van der Waals surface area contributed by atoms with Crippen LogP contribution in [-0.4, -0.2) is 25.2 Å². The van der Waals surface area contributed by atoms with Crippen molar-refractivity contribution in [3.8, 4) is 5.75 Å². The molecular weight excluding hydrogens is 344 g/mol. The molecule has 2 rings (SSSR count). The summed E-state index contributed by atoms with van der Waals surface area (Å²) in [5, 5.41) is 0. The van der Waals surface area contributed by atoms with Gasteiger partial charge in [0.05, 0.1) is 12.7 Å². The molecule has 2 atom stereocenters. The van der Waals surface area contributed by atoms with Crippen LogP contribution in [0.15, 0.2) is 36.4 Å². The Balaban J connectivity index is 1.98. The highest BCUT2D eigenvalue weighted by molar-refractivity contribution is 6.00. The predicted molar refractivity (Wildman–Crippen MR) is 103 cm³/mol. The van der Waals surface area contributed by atoms with Crippen LogP contribution in [0.5, 0.6) is 5.75 Å². The number of hydrogen-bond acceptors (Lipinski definition) is 5. The van der Waals surface area contributed by atoms with E-state index >= 15 is 0 Å². The lowest BCUT2D eigenvalue weighted by atomic mass is 9.78. The molecule has 0 unspecified atom stereocenters. The molecule has 1 aliphatic rings. The monoisotopic (exact) mass is 374 g/mol. The fourth-order valence-electron chi connectivity index (χ4n) is 3.28. The molecule has 5 heteroatoms. The average Bonchev–Trinajstić information content (AvgIpc) is 2.91. The summed E-state index contributed by atoms with van der Waals surface area (Å²) < 4.78 is 16.1. The molecule has 5 nitrogen and oxygen atoms in total. The highest BCUT2D eigenvalue weighted by Gasteiger charge is 2.55. The van der Waals surface area contributed by atoms with Crippen LogP contribution in [0.25, 0.3) is 0 Å². The summed E-state index contributed by atoms with van der Waals surface area (Å²) in [4.78, 5) is 24.9. The molecule has 1 aromatic rings. The quantitative estimate of drug-likeness (QED) is 0.341. The van der Waals surface area contributed by atoms with Gasteiger partial charge in [0.2, 0.25) is 0 Å². The number of benzene rings is 1. The first kappa shape index (κ1) is 21.0. The first-order valence-corrected chi connectivity index (χ1v) is 9.64. The number of ether oxygens (including phenoxy) is 3. The molecule has 0 bridgehead atoms. The van der Waals surface area contributed by atoms with Gasteiger partial charge in [0.25, 0.3) is 0 Å². The highest BCUT2D eigenvalue weighted by atomic mass is 16.6. The van der Waals surface area contributed by atoms with Crippen molar-refractivity contribution in [1.82, 2.24) is 0 Å². The van der Waals surface area contributed by atoms with Crippen molar-refractivity contribution in [3.63, 3.8) is 0 Å². The summed E-state index contributed by atoms with van der Waals surface area (Å²) in [5.74, 6) is -0.228. The number of methoxy groups -OCH3 is 1. The van der Waals surface area contributed by atoms with Crippen LogP contribution in [0, 0.1) is 5.41 Å². The van der Waals surface area contributed by atoms with Gasteiger partial charge in [0.1, 0.15) is 23.9 Å². The van der Waals surface area contributed by atoms with Crippen molar-refractivity contribution in [2.45, 2.75) is 65.1 Å². The minimum absolute atomic E-state index is 0.128. The van der Waals surface area contributed by atoms with E-state index in [0.29, 0.717) is 6.42 Å². The second-order valence-electron chi connectivity index (χ2n) is 7.20. The van der Waals surface area contributed by atoms with Crippen molar-refractivity contribution >= 4 is 11.9 Å². The van der Waals surface area contributed by atoms with Crippen molar-refractivity contribution in [3.05, 3.63) is 42.0 Å². The van der Waals surface area contributed by atoms with Gasteiger partial charge in [0, 0.05) is 0 Å². The number of esters is 2. The minimum Gasteiger partial charge on any atom is -0.497 e. The largest absolute Gasteiger partial charge is 0.497 e. The van der Waals surface area contributed by atoms with Gasteiger partial charge < -0.3 is 14.2 Å². The summed E-state index contributed by atoms with van der Waals surface area (Å²) >= 11 is 0. The Morgan fingerprint density at radius 2 is 1.85 bits per heavy atom. The molecule has 1 heterocycles. The third kappa shape index (κ3) is 4.90. The Morgan fingerprint density at radius 1 is 1.19 bits per heavy atom. The highest BCUT2D eigenvalue weighted by Crippen LogP contribution is 2.42. The summed E-state index contributed by atoms with van der Waals surface area (Å²) in [7, 11) is 1.60. The maximum Gasteiger partial charge on any atom is 0.335 e. The average molecular weight is 374 g/mol. The van der Waals surface area contributed by atoms with Crippen molar-refractivity contribution in [2.24, 2.45) is 5.41 Å². The molecule has 0 spiro atoms. The Hall–Kier alpha value is -2.30. The maximum absolute atomic E-state index is 12.8. The molecule has 0 amide bonds. The van der Waals surface area contributed by atoms with Gasteiger partial charge >= 0.3 is 11.9 Å². The lowest BCUT2D eigenvalue weighted by Crippen LogP contribution is -2.38. The van der Waals surface area contributed by atoms with Crippen LogP contribution in [-0.2, 0) is 25.7 Å². The third-order valence-corrected chi connectivity index (χ3v) is 5.29. The number of rotatable bonds is 10. The maximum atomic E-state index is 12.8. The van der Waals surface area contributed by atoms with E-state index in [2.05, 4.69) is 13.5 Å². The first-order valence-electron chi connectivity index (χ1n) is 9.64. The molecule has 0 radical (unpaired) electrons. The van der Waals surface area contributed by atoms with E-state index in [0.717, 1.165) is 30.6 Å². The van der Waals surface area contributed by atoms with Gasteiger partial charge in [-0.15, -0.1) is 0 Å². The van der Waals surface area contributed by atoms with Gasteiger partial charge in [0.15, 0.2) is 0 Å². The van der Waals surface area contributed by atoms with Crippen LogP contribution in [0.4, 0.5) is 0 Å². The zero-order valence-electron chi connectivity index (χ0n) is 16.6. The lowest BCUT2D eigenvalue weighted by Gasteiger charge is -2.27. The normalized spacial score (nSPS) is 21.8. The summed E-state index contributed by atoms with van der Waals surface area (Å²) in [6, 6.07) is 7.30. The Labute approximate surface area is 161 Å². The minimum atomic E-state index is -1.13. The van der Waals surface area contributed by atoms with E-state index in [1.54, 1.807) is 14.0 Å². The fraction of sp³-hybridized carbons (Fsp3) is 0.545. The SMILES string of the molecule is C=C1C(=O)O[C@H](CCCCCCC)[C@@]1(C)C(=O)OCc1ccc(OC)cc1. The Bertz CT molecular complexity index is 664. The molecular formula is C22H30O5. The smallest absolute Gasteiger partial charge is 0.335 e. The van der Waals surface area contributed by atoms with E-state index in [4.69, 9.17) is 14.2 Å². The standard InChI is InChI=1S/C22H30O5/c1-5-6-7-8-9-10-19-22(3,16(2)20(23)27-19)21(24)26-15-17-11-13-18(25-4)14-12-17/h11-14,19H,2,5-10,15H2,1,3-4H3/t19-,22+/m1/s1. The summed E-state index contributed by atoms with van der Waals surface area (Å²) in [6.45, 7) is 7.80. The molecule has 0 N–H and O–H groups in total. The molecule has 0 aliphatic carbocycles. The number of unbranched alkanes of at least 4 members (excludes halogenated alkanes) is 4. The van der Waals surface area contributed by atoms with Gasteiger partial charge in [-0.05, 0) is 37.5 Å². The van der Waals surface area contributed by atoms with E-state index < -0.39 is 23.5 Å². The van der Waals surface area contributed by atoms with Crippen molar-refractivity contribution in [2.75, 3.05) is 7.11 Å². The molecule has 148 valence electrons. The Morgan fingerprint density at radius 3 is 2.48 bits per heavy atom. The van der Waals surface area contributed by atoms with E-state index in [9.17, 15) is 9.59 Å². The van der Waals surface area contributed by atoms with Gasteiger partial charge in [-0.25, -0.2) is 4.79 Å². The molecule has 1 aromatic carbocycles. The van der Waals surface area contributed by atoms with Crippen LogP contribution in [0.1, 0.15) is 57.9 Å². The van der Waals surface area contributed by atoms with Crippen LogP contribution in [0.2, 0.25) is 0 Å². The van der Waals surface area contributed by atoms with Crippen LogP contribution < -0.4 is 4.74 Å². The number of hydrogen-bond donors (Lipinski definition) is 0. The third-order valence-electron chi connectivity index (χ3n) is 5.29. The predicted octanol–water partition coefficient (Wildman–Crippen LogP) is 4.59. The molecule has 0 aromatic heterocycles. The Kier molecular flexibility index (Phi) is 7.45. The van der Waals surface area contributed by atoms with E-state index in [-0.39, 0.29) is 12.2 Å². The first-order chi connectivity index (χ1) is 12.9. The van der Waals surface area contributed by atoms with Gasteiger partial charge in [-0.1, -0.05) is 51.3 Å². The molecule has 27 heavy (non-hydrogen) atoms. The number of carbonyl (C=O) groups excluding carboxylic acids is 2. The van der Waals surface area contributed by atoms with E-state index in [1.807, 2.05) is 24.3 Å². The van der Waals surface area contributed by atoms with Gasteiger partial charge in [-0.3, -0.25) is 4.79 Å². The van der Waals surface area contributed by atoms with Crippen LogP contribution in [0.3, 0.4) is 0 Å². The molecule has 1 saturated heterocycles. The zero-order chi connectivity index (χ0) is 19.9. The molecule has 1 aliphatic heterocycles. The zero-order valence-corrected chi connectivity index (χ0v) is 16.6. The number of cyclic esters (lactones) is 1. The van der Waals surface area contributed by atoms with E-state index in [1.165, 1.54) is 12.8 Å². The number of carbonyl (C=O) groups is 2. The topological polar surface area (TPSA) is 61.8 Å². The second-order valence-corrected chi connectivity index (χ2v) is 7.20. The lowest BCUT2D eigenvalue weighted by molar-refractivity contribution is -0.158. The van der Waals surface area contributed by atoms with Crippen LogP contribution >= 0.6 is 0 Å². The van der Waals surface area contributed by atoms with Crippen molar-refractivity contribution in [1.29, 1.82) is 0 Å². The van der Waals surface area contributed by atoms with Crippen molar-refractivity contribution < 1.29 is 23.8 Å². The summed E-state index contributed by atoms with van der Waals surface area (Å²) in [5.41, 5.74) is -0.102. The second kappa shape index (κ2) is 9.58. The summed E-state index contributed by atoms with van der Waals surface area (Å²) in [6.07, 6.45) is 5.61.